The Bertz CT molecular complexity index is 293. The molecular formula is C11H18N2O2. The average molecular weight is 210 g/mol. The molecule has 2 unspecified atom stereocenters. The molecule has 15 heavy (non-hydrogen) atoms. The first-order valence-corrected chi connectivity index (χ1v) is 5.47. The number of fused-ring (bicyclic) bond motifs is 1. The Morgan fingerprint density at radius 1 is 1.53 bits per heavy atom. The monoisotopic (exact) mass is 210 g/mol. The summed E-state index contributed by atoms with van der Waals surface area (Å²) in [5.41, 5.74) is -0.408. The molecule has 2 aliphatic heterocycles. The topological polar surface area (TPSA) is 41.9 Å². The van der Waals surface area contributed by atoms with E-state index in [-0.39, 0.29) is 12.1 Å². The van der Waals surface area contributed by atoms with Gasteiger partial charge in [-0.15, -0.1) is 0 Å². The number of carbonyl (C=O) groups excluding carboxylic acids is 1. The van der Waals surface area contributed by atoms with Crippen molar-refractivity contribution in [3.8, 4) is 0 Å². The third-order valence-corrected chi connectivity index (χ3v) is 2.82. The molecule has 0 saturated carbocycles. The zero-order valence-corrected chi connectivity index (χ0v) is 9.56. The van der Waals surface area contributed by atoms with Crippen LogP contribution in [0.1, 0.15) is 27.2 Å². The molecule has 4 heteroatoms. The minimum atomic E-state index is -0.408. The van der Waals surface area contributed by atoms with E-state index in [1.165, 1.54) is 0 Å². The zero-order chi connectivity index (χ0) is 11.1. The lowest BCUT2D eigenvalue weighted by molar-refractivity contribution is 0.0229. The molecule has 2 atom stereocenters. The molecule has 0 aromatic carbocycles. The van der Waals surface area contributed by atoms with Gasteiger partial charge < -0.3 is 9.64 Å². The number of carbonyl (C=O) groups is 1. The van der Waals surface area contributed by atoms with Crippen molar-refractivity contribution in [2.24, 2.45) is 10.9 Å². The molecule has 0 spiro atoms. The van der Waals surface area contributed by atoms with E-state index in [0.717, 1.165) is 19.5 Å². The van der Waals surface area contributed by atoms with E-state index >= 15 is 0 Å². The minimum absolute atomic E-state index is 0.194. The van der Waals surface area contributed by atoms with Gasteiger partial charge in [0, 0.05) is 18.7 Å². The van der Waals surface area contributed by atoms with Gasteiger partial charge in [-0.3, -0.25) is 4.99 Å². The summed E-state index contributed by atoms with van der Waals surface area (Å²) in [5, 5.41) is 0. The standard InChI is InChI=1S/C11H18N2O2/c1-11(2,3)15-10(14)13-5-4-8-6-12-7-9(8)13/h6,8-9H,4-5,7H2,1-3H3. The number of nitrogens with zero attached hydrogens (tertiary/aromatic N) is 2. The van der Waals surface area contributed by atoms with Crippen molar-refractivity contribution in [1.82, 2.24) is 4.90 Å². The number of ether oxygens (including phenoxy) is 1. The first-order chi connectivity index (χ1) is 6.97. The van der Waals surface area contributed by atoms with E-state index in [2.05, 4.69) is 4.99 Å². The molecule has 2 aliphatic rings. The Kier molecular flexibility index (Phi) is 2.44. The average Bonchev–Trinajstić information content (AvgIpc) is 2.57. The summed E-state index contributed by atoms with van der Waals surface area (Å²) >= 11 is 0. The highest BCUT2D eigenvalue weighted by atomic mass is 16.6. The van der Waals surface area contributed by atoms with E-state index in [1.807, 2.05) is 31.9 Å². The maximum absolute atomic E-state index is 11.9. The number of aliphatic imine (C=N–C) groups is 1. The molecular weight excluding hydrogens is 192 g/mol. The highest BCUT2D eigenvalue weighted by Crippen LogP contribution is 2.28. The van der Waals surface area contributed by atoms with E-state index in [9.17, 15) is 4.79 Å². The Morgan fingerprint density at radius 3 is 2.93 bits per heavy atom. The van der Waals surface area contributed by atoms with Gasteiger partial charge in [-0.1, -0.05) is 0 Å². The van der Waals surface area contributed by atoms with Crippen LogP contribution in [0.3, 0.4) is 0 Å². The van der Waals surface area contributed by atoms with Gasteiger partial charge in [0.2, 0.25) is 0 Å². The van der Waals surface area contributed by atoms with Crippen molar-refractivity contribution in [3.05, 3.63) is 0 Å². The van der Waals surface area contributed by atoms with Gasteiger partial charge in [0.25, 0.3) is 0 Å². The second kappa shape index (κ2) is 3.51. The summed E-state index contributed by atoms with van der Waals surface area (Å²) in [4.78, 5) is 17.9. The predicted octanol–water partition coefficient (Wildman–Crippen LogP) is 1.70. The summed E-state index contributed by atoms with van der Waals surface area (Å²) in [7, 11) is 0. The molecule has 2 heterocycles. The molecule has 0 aromatic heterocycles. The van der Waals surface area contributed by atoms with Gasteiger partial charge in [0.05, 0.1) is 12.6 Å². The van der Waals surface area contributed by atoms with Gasteiger partial charge >= 0.3 is 6.09 Å². The van der Waals surface area contributed by atoms with Crippen LogP contribution in [0.2, 0.25) is 0 Å². The number of amides is 1. The molecule has 1 amide bonds. The lowest BCUT2D eigenvalue weighted by atomic mass is 10.1. The molecule has 1 fully saturated rings. The maximum Gasteiger partial charge on any atom is 0.410 e. The van der Waals surface area contributed by atoms with Crippen molar-refractivity contribution in [1.29, 1.82) is 0 Å². The van der Waals surface area contributed by atoms with Crippen LogP contribution in [-0.2, 0) is 4.74 Å². The lowest BCUT2D eigenvalue weighted by Gasteiger charge is -2.27. The first-order valence-electron chi connectivity index (χ1n) is 5.47. The highest BCUT2D eigenvalue weighted by Gasteiger charge is 2.40. The maximum atomic E-state index is 11.9. The molecule has 0 radical (unpaired) electrons. The minimum Gasteiger partial charge on any atom is -0.444 e. The Hall–Kier alpha value is -1.06. The largest absolute Gasteiger partial charge is 0.444 e. The summed E-state index contributed by atoms with van der Waals surface area (Å²) in [5.74, 6) is 0.456. The van der Waals surface area contributed by atoms with Crippen LogP contribution < -0.4 is 0 Å². The fraction of sp³-hybridized carbons (Fsp3) is 0.818. The highest BCUT2D eigenvalue weighted by molar-refractivity contribution is 5.73. The quantitative estimate of drug-likeness (QED) is 0.610. The van der Waals surface area contributed by atoms with Crippen LogP contribution in [0, 0.1) is 5.92 Å². The molecule has 0 bridgehead atoms. The second-order valence-electron chi connectivity index (χ2n) is 5.21. The van der Waals surface area contributed by atoms with Crippen LogP contribution in [0.25, 0.3) is 0 Å². The van der Waals surface area contributed by atoms with Crippen molar-refractivity contribution < 1.29 is 9.53 Å². The number of rotatable bonds is 0. The summed E-state index contributed by atoms with van der Waals surface area (Å²) in [6.45, 7) is 7.22. The normalized spacial score (nSPS) is 29.4. The summed E-state index contributed by atoms with van der Waals surface area (Å²) in [6, 6.07) is 0.250. The van der Waals surface area contributed by atoms with Crippen molar-refractivity contribution >= 4 is 12.3 Å². The fourth-order valence-corrected chi connectivity index (χ4v) is 2.14. The van der Waals surface area contributed by atoms with Gasteiger partial charge in [0.15, 0.2) is 0 Å². The van der Waals surface area contributed by atoms with Crippen molar-refractivity contribution in [2.45, 2.75) is 38.8 Å². The van der Waals surface area contributed by atoms with Crippen LogP contribution in [-0.4, -0.2) is 41.9 Å². The molecule has 4 nitrogen and oxygen atoms in total. The van der Waals surface area contributed by atoms with Gasteiger partial charge in [-0.2, -0.15) is 0 Å². The fourth-order valence-electron chi connectivity index (χ4n) is 2.14. The third kappa shape index (κ3) is 2.13. The predicted molar refractivity (Wildman–Crippen MR) is 58.2 cm³/mol. The van der Waals surface area contributed by atoms with Crippen LogP contribution >= 0.6 is 0 Å². The van der Waals surface area contributed by atoms with E-state index in [0.29, 0.717) is 5.92 Å². The smallest absolute Gasteiger partial charge is 0.410 e. The summed E-state index contributed by atoms with van der Waals surface area (Å²) < 4.78 is 5.36. The van der Waals surface area contributed by atoms with Crippen molar-refractivity contribution in [2.75, 3.05) is 13.1 Å². The van der Waals surface area contributed by atoms with E-state index in [4.69, 9.17) is 4.74 Å². The van der Waals surface area contributed by atoms with Gasteiger partial charge in [-0.25, -0.2) is 4.79 Å². The molecule has 2 rings (SSSR count). The number of hydrogen-bond donors (Lipinski definition) is 0. The Balaban J connectivity index is 1.97. The summed E-state index contributed by atoms with van der Waals surface area (Å²) in [6.07, 6.45) is 2.81. The van der Waals surface area contributed by atoms with Crippen LogP contribution in [0.4, 0.5) is 4.79 Å². The lowest BCUT2D eigenvalue weighted by Crippen LogP contribution is -2.41. The van der Waals surface area contributed by atoms with Crippen LogP contribution in [0.5, 0.6) is 0 Å². The molecule has 0 aromatic rings. The van der Waals surface area contributed by atoms with Crippen molar-refractivity contribution in [3.63, 3.8) is 0 Å². The number of likely N-dealkylation sites (tertiary alicyclic amines) is 1. The zero-order valence-electron chi connectivity index (χ0n) is 9.56. The Labute approximate surface area is 90.3 Å². The Morgan fingerprint density at radius 2 is 2.27 bits per heavy atom. The SMILES string of the molecule is CC(C)(C)OC(=O)N1CCC2C=NCC21. The van der Waals surface area contributed by atoms with Gasteiger partial charge in [-0.05, 0) is 27.2 Å². The van der Waals surface area contributed by atoms with Crippen LogP contribution in [0.15, 0.2) is 4.99 Å². The molecule has 0 N–H and O–H groups in total. The number of hydrogen-bond acceptors (Lipinski definition) is 3. The van der Waals surface area contributed by atoms with E-state index < -0.39 is 5.60 Å². The third-order valence-electron chi connectivity index (χ3n) is 2.82. The molecule has 1 saturated heterocycles. The molecule has 0 aliphatic carbocycles. The first kappa shape index (κ1) is 10.5. The van der Waals surface area contributed by atoms with Gasteiger partial charge in [0.1, 0.15) is 5.60 Å². The second-order valence-corrected chi connectivity index (χ2v) is 5.21. The molecule has 84 valence electrons. The van der Waals surface area contributed by atoms with E-state index in [1.54, 1.807) is 0 Å².